The third-order valence-corrected chi connectivity index (χ3v) is 6.74. The zero-order valence-electron chi connectivity index (χ0n) is 18.3. The largest absolute Gasteiger partial charge is 0.365 e. The number of carbonyl (C=O) groups excluding carboxylic acids is 1. The molecule has 8 nitrogen and oxygen atoms in total. The Morgan fingerprint density at radius 1 is 1.27 bits per heavy atom. The number of amides is 1. The predicted octanol–water partition coefficient (Wildman–Crippen LogP) is 4.22. The Morgan fingerprint density at radius 2 is 2.12 bits per heavy atom. The third-order valence-electron chi connectivity index (χ3n) is 6.53. The molecule has 0 bridgehead atoms. The quantitative estimate of drug-likeness (QED) is 0.513. The number of carbonyl (C=O) groups is 1. The van der Waals surface area contributed by atoms with Crippen LogP contribution in [0, 0.1) is 5.82 Å². The number of hydrogen-bond donors (Lipinski definition) is 3. The number of hydrogen-bond acceptors (Lipinski definition) is 6. The van der Waals surface area contributed by atoms with E-state index >= 15 is 0 Å². The van der Waals surface area contributed by atoms with Gasteiger partial charge < -0.3 is 20.4 Å². The molecule has 4 heterocycles. The summed E-state index contributed by atoms with van der Waals surface area (Å²) in [5, 5.41) is 7.63. The number of aromatic nitrogens is 4. The van der Waals surface area contributed by atoms with Crippen LogP contribution in [0.2, 0.25) is 5.02 Å². The summed E-state index contributed by atoms with van der Waals surface area (Å²) in [5.41, 5.74) is 0.606. The zero-order chi connectivity index (χ0) is 23.0. The average Bonchev–Trinajstić information content (AvgIpc) is 3.42. The molecule has 5 rings (SSSR count). The summed E-state index contributed by atoms with van der Waals surface area (Å²) >= 11 is 6.09. The Morgan fingerprint density at radius 3 is 2.94 bits per heavy atom. The summed E-state index contributed by atoms with van der Waals surface area (Å²) in [5.74, 6) is -0.0610. The molecule has 1 unspecified atom stereocenters. The molecule has 174 valence electrons. The van der Waals surface area contributed by atoms with E-state index in [9.17, 15) is 9.18 Å². The van der Waals surface area contributed by atoms with Gasteiger partial charge in [0.05, 0.1) is 11.2 Å². The summed E-state index contributed by atoms with van der Waals surface area (Å²) in [6, 6.07) is 1.77. The van der Waals surface area contributed by atoms with Gasteiger partial charge in [0.1, 0.15) is 11.2 Å². The molecule has 1 saturated heterocycles. The molecule has 1 aliphatic heterocycles. The van der Waals surface area contributed by atoms with Crippen LogP contribution < -0.4 is 10.6 Å². The van der Waals surface area contributed by atoms with Crippen LogP contribution in [0.3, 0.4) is 0 Å². The van der Waals surface area contributed by atoms with Crippen molar-refractivity contribution in [3.05, 3.63) is 35.5 Å². The second-order valence-corrected chi connectivity index (χ2v) is 9.44. The highest BCUT2D eigenvalue weighted by molar-refractivity contribution is 6.31. The average molecular weight is 473 g/mol. The SMILES string of the molecule is CC1(C(=O)N[C@@H]2CCC[C@H](Nc3nc(-c4c[nH]c5ncc(Cl)cc45)ncc3F)C2)CCCO1. The van der Waals surface area contributed by atoms with Crippen molar-refractivity contribution in [1.29, 1.82) is 0 Å². The highest BCUT2D eigenvalue weighted by Gasteiger charge is 2.39. The van der Waals surface area contributed by atoms with Gasteiger partial charge in [-0.25, -0.2) is 19.3 Å². The fourth-order valence-corrected chi connectivity index (χ4v) is 4.86. The molecule has 1 aliphatic carbocycles. The van der Waals surface area contributed by atoms with Crippen molar-refractivity contribution in [2.45, 2.75) is 63.1 Å². The first-order valence-corrected chi connectivity index (χ1v) is 11.7. The molecule has 1 amide bonds. The van der Waals surface area contributed by atoms with Crippen molar-refractivity contribution in [2.75, 3.05) is 11.9 Å². The number of pyridine rings is 1. The van der Waals surface area contributed by atoms with E-state index in [4.69, 9.17) is 16.3 Å². The number of nitrogens with zero attached hydrogens (tertiary/aromatic N) is 3. The minimum Gasteiger partial charge on any atom is -0.365 e. The van der Waals surface area contributed by atoms with Crippen molar-refractivity contribution < 1.29 is 13.9 Å². The molecule has 3 atom stereocenters. The number of halogens is 2. The summed E-state index contributed by atoms with van der Waals surface area (Å²) in [6.07, 6.45) is 9.46. The third kappa shape index (κ3) is 4.52. The van der Waals surface area contributed by atoms with Gasteiger partial charge in [0.15, 0.2) is 17.5 Å². The van der Waals surface area contributed by atoms with Crippen LogP contribution in [0.5, 0.6) is 0 Å². The van der Waals surface area contributed by atoms with Gasteiger partial charge in [-0.2, -0.15) is 0 Å². The maximum Gasteiger partial charge on any atom is 0.252 e. The molecular formula is C23H26ClFN6O2. The van der Waals surface area contributed by atoms with Crippen LogP contribution in [0.4, 0.5) is 10.2 Å². The maximum absolute atomic E-state index is 14.6. The molecular weight excluding hydrogens is 447 g/mol. The van der Waals surface area contributed by atoms with Crippen molar-refractivity contribution in [3.8, 4) is 11.4 Å². The summed E-state index contributed by atoms with van der Waals surface area (Å²) in [6.45, 7) is 2.46. The summed E-state index contributed by atoms with van der Waals surface area (Å²) < 4.78 is 20.3. The monoisotopic (exact) mass is 472 g/mol. The number of H-pyrrole nitrogens is 1. The second-order valence-electron chi connectivity index (χ2n) is 9.00. The number of fused-ring (bicyclic) bond motifs is 1. The Kier molecular flexibility index (Phi) is 5.92. The topological polar surface area (TPSA) is 105 Å². The van der Waals surface area contributed by atoms with Crippen LogP contribution in [0.1, 0.15) is 45.4 Å². The highest BCUT2D eigenvalue weighted by atomic mass is 35.5. The predicted molar refractivity (Wildman–Crippen MR) is 123 cm³/mol. The Balaban J connectivity index is 1.30. The van der Waals surface area contributed by atoms with Crippen LogP contribution in [-0.4, -0.2) is 50.1 Å². The Labute approximate surface area is 195 Å². The van der Waals surface area contributed by atoms with Gasteiger partial charge in [-0.3, -0.25) is 4.79 Å². The van der Waals surface area contributed by atoms with Crippen molar-refractivity contribution in [3.63, 3.8) is 0 Å². The normalized spacial score (nSPS) is 25.3. The minimum atomic E-state index is -0.745. The molecule has 3 aromatic rings. The van der Waals surface area contributed by atoms with E-state index in [2.05, 4.69) is 30.6 Å². The van der Waals surface area contributed by atoms with Gasteiger partial charge in [-0.15, -0.1) is 0 Å². The lowest BCUT2D eigenvalue weighted by atomic mass is 9.90. The van der Waals surface area contributed by atoms with Crippen molar-refractivity contribution >= 4 is 34.4 Å². The number of rotatable bonds is 5. The van der Waals surface area contributed by atoms with Gasteiger partial charge >= 0.3 is 0 Å². The van der Waals surface area contributed by atoms with E-state index in [-0.39, 0.29) is 23.8 Å². The van der Waals surface area contributed by atoms with E-state index in [0.717, 1.165) is 37.5 Å². The fourth-order valence-electron chi connectivity index (χ4n) is 4.70. The van der Waals surface area contributed by atoms with Gasteiger partial charge in [-0.1, -0.05) is 11.6 Å². The molecule has 33 heavy (non-hydrogen) atoms. The van der Waals surface area contributed by atoms with Crippen LogP contribution >= 0.6 is 11.6 Å². The van der Waals surface area contributed by atoms with Crippen LogP contribution in [0.25, 0.3) is 22.4 Å². The lowest BCUT2D eigenvalue weighted by molar-refractivity contribution is -0.140. The zero-order valence-corrected chi connectivity index (χ0v) is 19.1. The molecule has 2 aliphatic rings. The number of nitrogens with one attached hydrogen (secondary N) is 3. The maximum atomic E-state index is 14.6. The lowest BCUT2D eigenvalue weighted by Crippen LogP contribution is -2.50. The molecule has 2 fully saturated rings. The standard InChI is InChI=1S/C23H26ClFN6O2/c1-23(6-3-7-33-23)22(32)30-15-5-2-4-14(9-15)29-21-18(25)12-28-20(31-21)17-11-27-19-16(17)8-13(24)10-26-19/h8,10-12,14-15H,2-7,9H2,1H3,(H,26,27)(H,30,32)(H,28,29,31)/t14-,15+,23?/m0/s1. The molecule has 0 radical (unpaired) electrons. The summed E-state index contributed by atoms with van der Waals surface area (Å²) in [4.78, 5) is 28.6. The fraction of sp³-hybridized carbons (Fsp3) is 0.478. The number of ether oxygens (including phenoxy) is 1. The first-order chi connectivity index (χ1) is 15.9. The van der Waals surface area contributed by atoms with Gasteiger partial charge in [0, 0.05) is 42.0 Å². The molecule has 3 aromatic heterocycles. The van der Waals surface area contributed by atoms with Gasteiger partial charge in [-0.05, 0) is 51.5 Å². The minimum absolute atomic E-state index is 0.0102. The first-order valence-electron chi connectivity index (χ1n) is 11.3. The molecule has 3 N–H and O–H groups in total. The number of anilines is 1. The van der Waals surface area contributed by atoms with E-state index in [1.807, 2.05) is 6.92 Å². The summed E-state index contributed by atoms with van der Waals surface area (Å²) in [7, 11) is 0. The van der Waals surface area contributed by atoms with Gasteiger partial charge in [0.2, 0.25) is 0 Å². The van der Waals surface area contributed by atoms with Crippen LogP contribution in [-0.2, 0) is 9.53 Å². The first kappa shape index (κ1) is 22.0. The van der Waals surface area contributed by atoms with E-state index in [0.29, 0.717) is 35.1 Å². The number of aromatic amines is 1. The molecule has 10 heteroatoms. The lowest BCUT2D eigenvalue weighted by Gasteiger charge is -2.33. The van der Waals surface area contributed by atoms with Gasteiger partial charge in [0.25, 0.3) is 5.91 Å². The molecule has 1 saturated carbocycles. The Bertz CT molecular complexity index is 1180. The smallest absolute Gasteiger partial charge is 0.252 e. The second kappa shape index (κ2) is 8.87. The van der Waals surface area contributed by atoms with E-state index in [1.165, 1.54) is 6.20 Å². The van der Waals surface area contributed by atoms with E-state index < -0.39 is 11.4 Å². The van der Waals surface area contributed by atoms with Crippen LogP contribution in [0.15, 0.2) is 24.7 Å². The highest BCUT2D eigenvalue weighted by Crippen LogP contribution is 2.30. The molecule has 0 aromatic carbocycles. The molecule has 0 spiro atoms. The van der Waals surface area contributed by atoms with E-state index in [1.54, 1.807) is 18.5 Å². The van der Waals surface area contributed by atoms with Crippen molar-refractivity contribution in [2.24, 2.45) is 0 Å². The Hall–Kier alpha value is -2.78. The van der Waals surface area contributed by atoms with Crippen molar-refractivity contribution in [1.82, 2.24) is 25.3 Å².